The van der Waals surface area contributed by atoms with E-state index in [-0.39, 0.29) is 21.6 Å². The SMILES string of the molecule is NNc1cc(C(F)(F)F)c2scc(C(=O)O)c2n1. The summed E-state index contributed by atoms with van der Waals surface area (Å²) in [6.45, 7) is 0. The summed E-state index contributed by atoms with van der Waals surface area (Å²) in [5.41, 5.74) is 0.521. The molecule has 0 saturated heterocycles. The lowest BCUT2D eigenvalue weighted by Crippen LogP contribution is -2.12. The van der Waals surface area contributed by atoms with Gasteiger partial charge in [-0.2, -0.15) is 13.2 Å². The number of rotatable bonds is 2. The Balaban J connectivity index is 2.83. The molecule has 0 spiro atoms. The fraction of sp³-hybridized carbons (Fsp3) is 0.111. The first-order chi connectivity index (χ1) is 8.34. The fourth-order valence-corrected chi connectivity index (χ4v) is 2.46. The van der Waals surface area contributed by atoms with Crippen molar-refractivity contribution in [2.45, 2.75) is 6.18 Å². The minimum Gasteiger partial charge on any atom is -0.478 e. The number of pyridine rings is 1. The number of thiophene rings is 1. The lowest BCUT2D eigenvalue weighted by molar-refractivity contribution is -0.136. The number of aromatic nitrogens is 1. The first kappa shape index (κ1) is 12.6. The summed E-state index contributed by atoms with van der Waals surface area (Å²) in [5, 5.41) is 9.98. The second kappa shape index (κ2) is 4.10. The lowest BCUT2D eigenvalue weighted by atomic mass is 10.2. The minimum absolute atomic E-state index is 0.223. The van der Waals surface area contributed by atoms with E-state index in [2.05, 4.69) is 4.98 Å². The van der Waals surface area contributed by atoms with Gasteiger partial charge in [0.15, 0.2) is 0 Å². The predicted molar refractivity (Wildman–Crippen MR) is 59.4 cm³/mol. The fourth-order valence-electron chi connectivity index (χ4n) is 1.45. The molecule has 0 atom stereocenters. The van der Waals surface area contributed by atoms with Crippen LogP contribution in [0.15, 0.2) is 11.4 Å². The number of nitrogens with zero attached hydrogens (tertiary/aromatic N) is 1. The number of carboxylic acids is 1. The molecule has 0 bridgehead atoms. The zero-order valence-corrected chi connectivity index (χ0v) is 9.39. The Morgan fingerprint density at radius 3 is 2.67 bits per heavy atom. The Bertz CT molecular complexity index is 623. The molecule has 2 aromatic heterocycles. The third-order valence-corrected chi connectivity index (χ3v) is 3.21. The number of fused-ring (bicyclic) bond motifs is 1. The van der Waals surface area contributed by atoms with Crippen molar-refractivity contribution in [3.8, 4) is 0 Å². The van der Waals surface area contributed by atoms with E-state index in [1.807, 2.05) is 5.43 Å². The van der Waals surface area contributed by atoms with Crippen LogP contribution in [-0.2, 0) is 6.18 Å². The summed E-state index contributed by atoms with van der Waals surface area (Å²) >= 11 is 0.683. The number of carboxylic acid groups (broad SMARTS) is 1. The molecule has 4 N–H and O–H groups in total. The number of halogens is 3. The Morgan fingerprint density at radius 2 is 2.17 bits per heavy atom. The molecular formula is C9H6F3N3O2S. The molecule has 18 heavy (non-hydrogen) atoms. The zero-order valence-electron chi connectivity index (χ0n) is 8.58. The molecule has 0 saturated carbocycles. The van der Waals surface area contributed by atoms with Crippen LogP contribution in [0.1, 0.15) is 15.9 Å². The Morgan fingerprint density at radius 1 is 1.50 bits per heavy atom. The first-order valence-electron chi connectivity index (χ1n) is 4.54. The smallest absolute Gasteiger partial charge is 0.417 e. The van der Waals surface area contributed by atoms with Crippen LogP contribution in [0, 0.1) is 0 Å². The van der Waals surface area contributed by atoms with Crippen molar-refractivity contribution in [3.63, 3.8) is 0 Å². The van der Waals surface area contributed by atoms with Crippen molar-refractivity contribution in [3.05, 3.63) is 22.6 Å². The quantitative estimate of drug-likeness (QED) is 0.579. The van der Waals surface area contributed by atoms with E-state index >= 15 is 0 Å². The van der Waals surface area contributed by atoms with Crippen molar-refractivity contribution in [2.24, 2.45) is 5.84 Å². The number of nitrogen functional groups attached to an aromatic ring is 1. The monoisotopic (exact) mass is 277 g/mol. The zero-order chi connectivity index (χ0) is 13.5. The van der Waals surface area contributed by atoms with Crippen molar-refractivity contribution < 1.29 is 23.1 Å². The van der Waals surface area contributed by atoms with Gasteiger partial charge in [-0.05, 0) is 6.07 Å². The highest BCUT2D eigenvalue weighted by atomic mass is 32.1. The number of aromatic carboxylic acids is 1. The van der Waals surface area contributed by atoms with E-state index in [0.717, 1.165) is 11.4 Å². The van der Waals surface area contributed by atoms with E-state index in [0.29, 0.717) is 11.3 Å². The van der Waals surface area contributed by atoms with Crippen LogP contribution < -0.4 is 11.3 Å². The van der Waals surface area contributed by atoms with E-state index in [1.54, 1.807) is 0 Å². The number of nitrogens with two attached hydrogens (primary N) is 1. The van der Waals surface area contributed by atoms with Gasteiger partial charge < -0.3 is 10.5 Å². The van der Waals surface area contributed by atoms with Crippen molar-refractivity contribution in [1.29, 1.82) is 0 Å². The number of hydrogen-bond acceptors (Lipinski definition) is 5. The van der Waals surface area contributed by atoms with Gasteiger partial charge in [-0.3, -0.25) is 0 Å². The van der Waals surface area contributed by atoms with Crippen LogP contribution in [0.3, 0.4) is 0 Å². The number of hydrogen-bond donors (Lipinski definition) is 3. The summed E-state index contributed by atoms with van der Waals surface area (Å²) in [6, 6.07) is 0.741. The Labute approximate surface area is 102 Å². The highest BCUT2D eigenvalue weighted by Gasteiger charge is 2.35. The molecule has 2 rings (SSSR count). The van der Waals surface area contributed by atoms with Crippen LogP contribution in [0.4, 0.5) is 19.0 Å². The third kappa shape index (κ3) is 1.97. The maximum absolute atomic E-state index is 12.8. The number of nitrogens with one attached hydrogen (secondary N) is 1. The summed E-state index contributed by atoms with van der Waals surface area (Å²) in [7, 11) is 0. The Hall–Kier alpha value is -1.87. The average Bonchev–Trinajstić information content (AvgIpc) is 2.69. The Kier molecular flexibility index (Phi) is 2.87. The van der Waals surface area contributed by atoms with Crippen LogP contribution in [0.25, 0.3) is 10.2 Å². The van der Waals surface area contributed by atoms with E-state index in [1.165, 1.54) is 0 Å². The van der Waals surface area contributed by atoms with Crippen molar-refractivity contribution in [2.75, 3.05) is 5.43 Å². The van der Waals surface area contributed by atoms with Gasteiger partial charge in [0.25, 0.3) is 0 Å². The largest absolute Gasteiger partial charge is 0.478 e. The van der Waals surface area contributed by atoms with E-state index < -0.39 is 17.7 Å². The molecule has 0 aliphatic rings. The normalized spacial score (nSPS) is 11.8. The molecular weight excluding hydrogens is 271 g/mol. The second-order valence-electron chi connectivity index (χ2n) is 3.33. The molecule has 0 amide bonds. The van der Waals surface area contributed by atoms with Gasteiger partial charge in [0.1, 0.15) is 5.82 Å². The summed E-state index contributed by atoms with van der Waals surface area (Å²) < 4.78 is 38.2. The molecule has 0 fully saturated rings. The molecule has 0 aromatic carbocycles. The maximum atomic E-state index is 12.8. The number of alkyl halides is 3. The number of carbonyl (C=O) groups is 1. The second-order valence-corrected chi connectivity index (χ2v) is 4.21. The van der Waals surface area contributed by atoms with Gasteiger partial charge in [-0.25, -0.2) is 15.6 Å². The summed E-state index contributed by atoms with van der Waals surface area (Å²) in [6.07, 6.45) is -4.60. The minimum atomic E-state index is -4.60. The standard InChI is InChI=1S/C9H6F3N3O2S/c10-9(11,12)4-1-5(15-13)14-6-3(8(16)17)2-18-7(4)6/h1-2H,13H2,(H,14,15)(H,16,17). The van der Waals surface area contributed by atoms with Crippen LogP contribution in [0.2, 0.25) is 0 Å². The molecule has 0 unspecified atom stereocenters. The molecule has 96 valence electrons. The predicted octanol–water partition coefficient (Wildman–Crippen LogP) is 2.30. The van der Waals surface area contributed by atoms with Crippen LogP contribution in [-0.4, -0.2) is 16.1 Å². The highest BCUT2D eigenvalue weighted by Crippen LogP contribution is 2.39. The van der Waals surface area contributed by atoms with Gasteiger partial charge in [0.2, 0.25) is 0 Å². The van der Waals surface area contributed by atoms with Gasteiger partial charge in [-0.1, -0.05) is 0 Å². The summed E-state index contributed by atoms with van der Waals surface area (Å²) in [5.74, 6) is 3.45. The molecule has 5 nitrogen and oxygen atoms in total. The van der Waals surface area contributed by atoms with Gasteiger partial charge >= 0.3 is 12.1 Å². The number of anilines is 1. The topological polar surface area (TPSA) is 88.2 Å². The highest BCUT2D eigenvalue weighted by molar-refractivity contribution is 7.17. The molecule has 9 heteroatoms. The summed E-state index contributed by atoms with van der Waals surface area (Å²) in [4.78, 5) is 14.6. The van der Waals surface area contributed by atoms with E-state index in [4.69, 9.17) is 10.9 Å². The van der Waals surface area contributed by atoms with Gasteiger partial charge in [0.05, 0.1) is 21.3 Å². The third-order valence-electron chi connectivity index (χ3n) is 2.21. The van der Waals surface area contributed by atoms with Gasteiger partial charge in [0, 0.05) is 5.38 Å². The molecule has 0 aliphatic carbocycles. The van der Waals surface area contributed by atoms with Crippen molar-refractivity contribution >= 4 is 33.3 Å². The maximum Gasteiger partial charge on any atom is 0.417 e. The van der Waals surface area contributed by atoms with Crippen LogP contribution >= 0.6 is 11.3 Å². The number of hydrazine groups is 1. The van der Waals surface area contributed by atoms with E-state index in [9.17, 15) is 18.0 Å². The molecule has 0 radical (unpaired) electrons. The first-order valence-corrected chi connectivity index (χ1v) is 5.42. The van der Waals surface area contributed by atoms with Gasteiger partial charge in [-0.15, -0.1) is 11.3 Å². The molecule has 2 heterocycles. The van der Waals surface area contributed by atoms with Crippen molar-refractivity contribution in [1.82, 2.24) is 4.98 Å². The lowest BCUT2D eigenvalue weighted by Gasteiger charge is -2.09. The average molecular weight is 277 g/mol. The van der Waals surface area contributed by atoms with Crippen LogP contribution in [0.5, 0.6) is 0 Å². The molecule has 2 aromatic rings. The molecule has 0 aliphatic heterocycles.